The van der Waals surface area contributed by atoms with Gasteiger partial charge in [0.1, 0.15) is 0 Å². The molecule has 3 atom stereocenters. The van der Waals surface area contributed by atoms with Gasteiger partial charge in [-0.3, -0.25) is 4.79 Å². The number of hydrogen-bond donors (Lipinski definition) is 2. The van der Waals surface area contributed by atoms with E-state index in [0.717, 1.165) is 13.0 Å². The summed E-state index contributed by atoms with van der Waals surface area (Å²) in [6.07, 6.45) is 6.45. The minimum Gasteiger partial charge on any atom is -0.383 e. The first-order valence-corrected chi connectivity index (χ1v) is 8.28. The van der Waals surface area contributed by atoms with E-state index in [0.29, 0.717) is 25.3 Å². The van der Waals surface area contributed by atoms with Crippen LogP contribution in [-0.4, -0.2) is 51.0 Å². The zero-order chi connectivity index (χ0) is 15.3. The van der Waals surface area contributed by atoms with Crippen molar-refractivity contribution in [3.8, 4) is 0 Å². The minimum atomic E-state index is -0.160. The maximum absolute atomic E-state index is 12.0. The lowest BCUT2D eigenvalue weighted by Gasteiger charge is -2.55. The third-order valence-corrected chi connectivity index (χ3v) is 5.14. The quantitative estimate of drug-likeness (QED) is 0.666. The van der Waals surface area contributed by atoms with Crippen LogP contribution >= 0.6 is 0 Å². The number of nitrogens with one attached hydrogen (secondary N) is 2. The molecule has 0 aromatic carbocycles. The molecule has 2 saturated carbocycles. The van der Waals surface area contributed by atoms with Crippen LogP contribution < -0.4 is 10.6 Å². The van der Waals surface area contributed by atoms with Crippen molar-refractivity contribution in [2.24, 2.45) is 5.41 Å². The van der Waals surface area contributed by atoms with Crippen molar-refractivity contribution in [1.82, 2.24) is 10.6 Å². The Bertz CT molecular complexity index is 342. The van der Waals surface area contributed by atoms with Crippen LogP contribution in [-0.2, 0) is 14.3 Å². The predicted octanol–water partition coefficient (Wildman–Crippen LogP) is 1.46. The lowest BCUT2D eigenvalue weighted by Crippen LogP contribution is -2.65. The lowest BCUT2D eigenvalue weighted by atomic mass is 9.60. The molecule has 0 aromatic heterocycles. The lowest BCUT2D eigenvalue weighted by molar-refractivity contribution is -0.138. The van der Waals surface area contributed by atoms with Crippen LogP contribution in [0.1, 0.15) is 46.0 Å². The standard InChI is InChI=1S/C16H30N2O3/c1-4-21-14-11-13(16(14)7-5-6-8-16)18-12(2)15(19)17-9-10-20-3/h12-14,18H,4-11H2,1-3H3,(H,17,19). The maximum Gasteiger partial charge on any atom is 0.236 e. The van der Waals surface area contributed by atoms with Crippen molar-refractivity contribution in [2.45, 2.75) is 64.1 Å². The van der Waals surface area contributed by atoms with Crippen LogP contribution in [0.4, 0.5) is 0 Å². The highest BCUT2D eigenvalue weighted by atomic mass is 16.5. The molecule has 0 heterocycles. The van der Waals surface area contributed by atoms with E-state index in [-0.39, 0.29) is 17.4 Å². The molecule has 2 N–H and O–H groups in total. The second kappa shape index (κ2) is 7.56. The van der Waals surface area contributed by atoms with E-state index in [4.69, 9.17) is 9.47 Å². The van der Waals surface area contributed by atoms with Gasteiger partial charge in [-0.15, -0.1) is 0 Å². The van der Waals surface area contributed by atoms with Gasteiger partial charge in [0, 0.05) is 31.7 Å². The fourth-order valence-corrected chi connectivity index (χ4v) is 3.93. The second-order valence-electron chi connectivity index (χ2n) is 6.34. The van der Waals surface area contributed by atoms with Gasteiger partial charge in [0.05, 0.1) is 18.8 Å². The molecule has 5 heteroatoms. The molecule has 0 aliphatic heterocycles. The molecule has 5 nitrogen and oxygen atoms in total. The van der Waals surface area contributed by atoms with Crippen LogP contribution in [0.2, 0.25) is 0 Å². The fourth-order valence-electron chi connectivity index (χ4n) is 3.93. The Morgan fingerprint density at radius 1 is 1.38 bits per heavy atom. The van der Waals surface area contributed by atoms with Gasteiger partial charge >= 0.3 is 0 Å². The van der Waals surface area contributed by atoms with E-state index in [1.54, 1.807) is 7.11 Å². The van der Waals surface area contributed by atoms with E-state index in [1.807, 2.05) is 6.92 Å². The van der Waals surface area contributed by atoms with E-state index in [1.165, 1.54) is 25.7 Å². The molecule has 122 valence electrons. The topological polar surface area (TPSA) is 59.6 Å². The van der Waals surface area contributed by atoms with Crippen molar-refractivity contribution in [3.63, 3.8) is 0 Å². The summed E-state index contributed by atoms with van der Waals surface area (Å²) in [5.41, 5.74) is 0.275. The Morgan fingerprint density at radius 2 is 2.10 bits per heavy atom. The molecule has 2 aliphatic rings. The number of carbonyl (C=O) groups excluding carboxylic acids is 1. The number of carbonyl (C=O) groups is 1. The van der Waals surface area contributed by atoms with Crippen LogP contribution in [0.15, 0.2) is 0 Å². The Balaban J connectivity index is 1.83. The summed E-state index contributed by atoms with van der Waals surface area (Å²) in [5, 5.41) is 6.43. The van der Waals surface area contributed by atoms with Gasteiger partial charge < -0.3 is 20.1 Å². The highest BCUT2D eigenvalue weighted by Gasteiger charge is 2.56. The van der Waals surface area contributed by atoms with E-state index in [9.17, 15) is 4.79 Å². The maximum atomic E-state index is 12.0. The largest absolute Gasteiger partial charge is 0.383 e. The van der Waals surface area contributed by atoms with E-state index >= 15 is 0 Å². The smallest absolute Gasteiger partial charge is 0.236 e. The average molecular weight is 298 g/mol. The molecular formula is C16H30N2O3. The van der Waals surface area contributed by atoms with Gasteiger partial charge in [0.25, 0.3) is 0 Å². The first-order chi connectivity index (χ1) is 10.1. The Kier molecular flexibility index (Phi) is 6.02. The molecule has 1 spiro atoms. The van der Waals surface area contributed by atoms with Crippen molar-refractivity contribution >= 4 is 5.91 Å². The van der Waals surface area contributed by atoms with Crippen molar-refractivity contribution in [1.29, 1.82) is 0 Å². The monoisotopic (exact) mass is 298 g/mol. The summed E-state index contributed by atoms with van der Waals surface area (Å²) in [6, 6.07) is 0.256. The zero-order valence-corrected chi connectivity index (χ0v) is 13.6. The summed E-state index contributed by atoms with van der Waals surface area (Å²) in [4.78, 5) is 12.0. The molecule has 0 saturated heterocycles. The molecule has 1 amide bonds. The number of methoxy groups -OCH3 is 1. The third-order valence-electron chi connectivity index (χ3n) is 5.14. The molecule has 21 heavy (non-hydrogen) atoms. The Morgan fingerprint density at radius 3 is 2.71 bits per heavy atom. The molecular weight excluding hydrogens is 268 g/mol. The second-order valence-corrected chi connectivity index (χ2v) is 6.34. The molecule has 0 bridgehead atoms. The Labute approximate surface area is 128 Å². The molecule has 0 aromatic rings. The molecule has 0 radical (unpaired) electrons. The molecule has 2 rings (SSSR count). The number of hydrogen-bond acceptors (Lipinski definition) is 4. The van der Waals surface area contributed by atoms with Crippen molar-refractivity contribution in [2.75, 3.05) is 26.9 Å². The molecule has 3 unspecified atom stereocenters. The van der Waals surface area contributed by atoms with Gasteiger partial charge in [0.2, 0.25) is 5.91 Å². The Hall–Kier alpha value is -0.650. The summed E-state index contributed by atoms with van der Waals surface area (Å²) < 4.78 is 10.9. The van der Waals surface area contributed by atoms with Crippen molar-refractivity contribution < 1.29 is 14.3 Å². The fraction of sp³-hybridized carbons (Fsp3) is 0.938. The summed E-state index contributed by atoms with van der Waals surface area (Å²) in [7, 11) is 1.64. The van der Waals surface area contributed by atoms with Gasteiger partial charge in [-0.25, -0.2) is 0 Å². The van der Waals surface area contributed by atoms with Crippen LogP contribution in [0.25, 0.3) is 0 Å². The molecule has 2 fully saturated rings. The van der Waals surface area contributed by atoms with Crippen molar-refractivity contribution in [3.05, 3.63) is 0 Å². The minimum absolute atomic E-state index is 0.0556. The predicted molar refractivity (Wildman–Crippen MR) is 82.2 cm³/mol. The number of rotatable bonds is 8. The average Bonchev–Trinajstić information content (AvgIpc) is 2.98. The first-order valence-electron chi connectivity index (χ1n) is 8.28. The highest BCUT2D eigenvalue weighted by Crippen LogP contribution is 2.54. The molecule has 2 aliphatic carbocycles. The number of ether oxygens (including phenoxy) is 2. The van der Waals surface area contributed by atoms with E-state index < -0.39 is 0 Å². The normalized spacial score (nSPS) is 28.3. The van der Waals surface area contributed by atoms with Gasteiger partial charge in [-0.1, -0.05) is 12.8 Å². The summed E-state index contributed by atoms with van der Waals surface area (Å²) >= 11 is 0. The highest BCUT2D eigenvalue weighted by molar-refractivity contribution is 5.81. The van der Waals surface area contributed by atoms with Crippen LogP contribution in [0.5, 0.6) is 0 Å². The van der Waals surface area contributed by atoms with Gasteiger partial charge in [-0.05, 0) is 33.1 Å². The van der Waals surface area contributed by atoms with Crippen LogP contribution in [0, 0.1) is 5.41 Å². The van der Waals surface area contributed by atoms with E-state index in [2.05, 4.69) is 17.6 Å². The van der Waals surface area contributed by atoms with Crippen LogP contribution in [0.3, 0.4) is 0 Å². The zero-order valence-electron chi connectivity index (χ0n) is 13.6. The first kappa shape index (κ1) is 16.7. The van der Waals surface area contributed by atoms with Gasteiger partial charge in [0.15, 0.2) is 0 Å². The SMILES string of the molecule is CCOC1CC(NC(C)C(=O)NCCOC)C12CCCC2. The summed E-state index contributed by atoms with van der Waals surface area (Å²) in [6.45, 7) is 5.91. The summed E-state index contributed by atoms with van der Waals surface area (Å²) in [5.74, 6) is 0.0556. The third kappa shape index (κ3) is 3.58. The van der Waals surface area contributed by atoms with Gasteiger partial charge in [-0.2, -0.15) is 0 Å². The number of amides is 1.